The van der Waals surface area contributed by atoms with E-state index in [1.54, 1.807) is 6.08 Å². The molecule has 0 aromatic carbocycles. The Hall–Kier alpha value is -0.960. The fourth-order valence-electron chi connectivity index (χ4n) is 0.784. The van der Waals surface area contributed by atoms with Gasteiger partial charge in [0, 0.05) is 0 Å². The molecule has 0 atom stereocenters. The Kier molecular flexibility index (Phi) is 6.93. The third-order valence-electron chi connectivity index (χ3n) is 1.38. The summed E-state index contributed by atoms with van der Waals surface area (Å²) in [6.07, 6.45) is 7.37. The standard InChI is InChI=1S/C9H11NOS.C2H6/c1-4-5-6-8-7(2)11-9(10-8)12-3;1-2/h4-6H,1H2,2-3H3;1-2H3/b6-5-;. The molecule has 0 spiro atoms. The first-order valence-electron chi connectivity index (χ1n) is 4.58. The number of allylic oxidation sites excluding steroid dienone is 2. The minimum Gasteiger partial charge on any atom is -0.436 e. The number of nitrogens with zero attached hydrogens (tertiary/aromatic N) is 1. The second kappa shape index (κ2) is 7.44. The number of aromatic nitrogens is 1. The van der Waals surface area contributed by atoms with Gasteiger partial charge in [-0.3, -0.25) is 0 Å². The van der Waals surface area contributed by atoms with Gasteiger partial charge >= 0.3 is 0 Å². The molecule has 0 aliphatic rings. The van der Waals surface area contributed by atoms with Crippen molar-refractivity contribution in [1.82, 2.24) is 4.98 Å². The maximum atomic E-state index is 5.33. The van der Waals surface area contributed by atoms with Gasteiger partial charge in [-0.25, -0.2) is 4.98 Å². The lowest BCUT2D eigenvalue weighted by Gasteiger charge is -1.81. The van der Waals surface area contributed by atoms with E-state index in [1.165, 1.54) is 11.8 Å². The molecular weight excluding hydrogens is 194 g/mol. The zero-order valence-corrected chi connectivity index (χ0v) is 10.0. The lowest BCUT2D eigenvalue weighted by molar-refractivity contribution is 0.432. The van der Waals surface area contributed by atoms with Gasteiger partial charge < -0.3 is 4.42 Å². The van der Waals surface area contributed by atoms with Gasteiger partial charge in [-0.05, 0) is 19.3 Å². The maximum absolute atomic E-state index is 5.33. The van der Waals surface area contributed by atoms with Crippen LogP contribution in [0.3, 0.4) is 0 Å². The molecule has 0 radical (unpaired) electrons. The van der Waals surface area contributed by atoms with Crippen LogP contribution in [0, 0.1) is 6.92 Å². The summed E-state index contributed by atoms with van der Waals surface area (Å²) in [5, 5.41) is 0.705. The molecule has 1 rings (SSSR count). The van der Waals surface area contributed by atoms with Gasteiger partial charge in [-0.2, -0.15) is 0 Å². The first kappa shape index (κ1) is 13.0. The highest BCUT2D eigenvalue weighted by atomic mass is 32.2. The summed E-state index contributed by atoms with van der Waals surface area (Å²) in [4.78, 5) is 4.23. The quantitative estimate of drug-likeness (QED) is 0.559. The van der Waals surface area contributed by atoms with Crippen LogP contribution >= 0.6 is 11.8 Å². The van der Waals surface area contributed by atoms with Crippen LogP contribution in [0.5, 0.6) is 0 Å². The van der Waals surface area contributed by atoms with E-state index in [1.807, 2.05) is 39.2 Å². The highest BCUT2D eigenvalue weighted by Crippen LogP contribution is 2.18. The molecule has 0 bridgehead atoms. The summed E-state index contributed by atoms with van der Waals surface area (Å²) < 4.78 is 5.33. The largest absolute Gasteiger partial charge is 0.436 e. The number of hydrogen-bond acceptors (Lipinski definition) is 3. The fourth-order valence-corrected chi connectivity index (χ4v) is 1.18. The first-order valence-corrected chi connectivity index (χ1v) is 5.81. The molecule has 1 aromatic heterocycles. The van der Waals surface area contributed by atoms with Crippen molar-refractivity contribution < 1.29 is 4.42 Å². The van der Waals surface area contributed by atoms with Crippen molar-refractivity contribution in [3.8, 4) is 0 Å². The van der Waals surface area contributed by atoms with Crippen molar-refractivity contribution in [3.05, 3.63) is 30.2 Å². The second-order valence-corrected chi connectivity index (χ2v) is 2.98. The smallest absolute Gasteiger partial charge is 0.256 e. The molecule has 0 saturated heterocycles. The Morgan fingerprint density at radius 1 is 1.43 bits per heavy atom. The van der Waals surface area contributed by atoms with E-state index in [0.29, 0.717) is 5.22 Å². The summed E-state index contributed by atoms with van der Waals surface area (Å²) in [6.45, 7) is 9.48. The molecule has 78 valence electrons. The van der Waals surface area contributed by atoms with E-state index in [9.17, 15) is 0 Å². The average molecular weight is 211 g/mol. The second-order valence-electron chi connectivity index (χ2n) is 2.22. The molecule has 0 fully saturated rings. The van der Waals surface area contributed by atoms with Crippen molar-refractivity contribution in [1.29, 1.82) is 0 Å². The molecule has 0 aliphatic carbocycles. The summed E-state index contributed by atoms with van der Waals surface area (Å²) >= 11 is 1.50. The van der Waals surface area contributed by atoms with Crippen LogP contribution in [-0.2, 0) is 0 Å². The number of aryl methyl sites for hydroxylation is 1. The molecule has 3 heteroatoms. The minimum atomic E-state index is 0.705. The van der Waals surface area contributed by atoms with Crippen LogP contribution in [0.15, 0.2) is 28.4 Å². The molecule has 2 nitrogen and oxygen atoms in total. The highest BCUT2D eigenvalue weighted by Gasteiger charge is 2.04. The van der Waals surface area contributed by atoms with Crippen LogP contribution in [0.1, 0.15) is 25.3 Å². The van der Waals surface area contributed by atoms with Gasteiger partial charge in [-0.15, -0.1) is 0 Å². The molecule has 1 aromatic rings. The van der Waals surface area contributed by atoms with Crippen LogP contribution in [0.4, 0.5) is 0 Å². The van der Waals surface area contributed by atoms with Crippen LogP contribution in [0.2, 0.25) is 0 Å². The molecule has 14 heavy (non-hydrogen) atoms. The van der Waals surface area contributed by atoms with E-state index < -0.39 is 0 Å². The number of rotatable bonds is 3. The van der Waals surface area contributed by atoms with Gasteiger partial charge in [0.25, 0.3) is 5.22 Å². The molecule has 0 N–H and O–H groups in total. The zero-order valence-electron chi connectivity index (χ0n) is 9.20. The first-order chi connectivity index (χ1) is 6.77. The minimum absolute atomic E-state index is 0.705. The predicted octanol–water partition coefficient (Wildman–Crippen LogP) is 3.93. The highest BCUT2D eigenvalue weighted by molar-refractivity contribution is 7.98. The van der Waals surface area contributed by atoms with Crippen molar-refractivity contribution in [3.63, 3.8) is 0 Å². The van der Waals surface area contributed by atoms with Gasteiger partial charge in [0.2, 0.25) is 0 Å². The van der Waals surface area contributed by atoms with Crippen molar-refractivity contribution in [2.75, 3.05) is 6.26 Å². The summed E-state index contributed by atoms with van der Waals surface area (Å²) in [6, 6.07) is 0. The normalized spacial score (nSPS) is 9.71. The van der Waals surface area contributed by atoms with Gasteiger partial charge in [0.1, 0.15) is 11.5 Å². The Balaban J connectivity index is 0.000000791. The Bertz CT molecular complexity index is 302. The molecule has 0 amide bonds. The number of thioether (sulfide) groups is 1. The Morgan fingerprint density at radius 2 is 2.07 bits per heavy atom. The van der Waals surface area contributed by atoms with Gasteiger partial charge in [-0.1, -0.05) is 44.3 Å². The summed E-state index contributed by atoms with van der Waals surface area (Å²) in [5.41, 5.74) is 0.874. The fraction of sp³-hybridized carbons (Fsp3) is 0.364. The molecule has 1 heterocycles. The molecular formula is C11H17NOS. The summed E-state index contributed by atoms with van der Waals surface area (Å²) in [7, 11) is 0. The van der Waals surface area contributed by atoms with Crippen LogP contribution in [-0.4, -0.2) is 11.2 Å². The van der Waals surface area contributed by atoms with Crippen LogP contribution < -0.4 is 0 Å². The molecule has 0 unspecified atom stereocenters. The Labute approximate surface area is 90.1 Å². The van der Waals surface area contributed by atoms with E-state index in [0.717, 1.165) is 11.5 Å². The molecule has 0 aliphatic heterocycles. The lowest BCUT2D eigenvalue weighted by Crippen LogP contribution is -1.73. The summed E-state index contributed by atoms with van der Waals surface area (Å²) in [5.74, 6) is 0.845. The van der Waals surface area contributed by atoms with E-state index in [4.69, 9.17) is 4.42 Å². The predicted molar refractivity (Wildman–Crippen MR) is 63.6 cm³/mol. The van der Waals surface area contributed by atoms with Crippen molar-refractivity contribution in [2.45, 2.75) is 26.0 Å². The topological polar surface area (TPSA) is 26.0 Å². The van der Waals surface area contributed by atoms with E-state index >= 15 is 0 Å². The number of hydrogen-bond donors (Lipinski definition) is 0. The van der Waals surface area contributed by atoms with Crippen molar-refractivity contribution >= 4 is 17.8 Å². The van der Waals surface area contributed by atoms with Crippen LogP contribution in [0.25, 0.3) is 6.08 Å². The monoisotopic (exact) mass is 211 g/mol. The Morgan fingerprint density at radius 3 is 2.50 bits per heavy atom. The van der Waals surface area contributed by atoms with Crippen molar-refractivity contribution in [2.24, 2.45) is 0 Å². The third-order valence-corrected chi connectivity index (χ3v) is 1.90. The third kappa shape index (κ3) is 3.83. The maximum Gasteiger partial charge on any atom is 0.256 e. The number of oxazole rings is 1. The van der Waals surface area contributed by atoms with Gasteiger partial charge in [0.15, 0.2) is 0 Å². The van der Waals surface area contributed by atoms with E-state index in [2.05, 4.69) is 11.6 Å². The average Bonchev–Trinajstić information content (AvgIpc) is 2.59. The molecule has 0 saturated carbocycles. The van der Waals surface area contributed by atoms with E-state index in [-0.39, 0.29) is 0 Å². The zero-order chi connectivity index (χ0) is 11.0. The SMILES string of the molecule is C=C/C=C\c1nc(SC)oc1C.CC. The lowest BCUT2D eigenvalue weighted by atomic mass is 10.3. The van der Waals surface area contributed by atoms with Gasteiger partial charge in [0.05, 0.1) is 0 Å².